The molecule has 0 unspecified atom stereocenters. The van der Waals surface area contributed by atoms with E-state index in [1.165, 1.54) is 37.8 Å². The van der Waals surface area contributed by atoms with Crippen molar-refractivity contribution in [3.63, 3.8) is 0 Å². The number of benzene rings is 2. The smallest absolute Gasteiger partial charge is 0.203 e. The maximum Gasteiger partial charge on any atom is 0.203 e. The predicted molar refractivity (Wildman–Crippen MR) is 121 cm³/mol. The van der Waals surface area contributed by atoms with Gasteiger partial charge in [-0.1, -0.05) is 0 Å². The summed E-state index contributed by atoms with van der Waals surface area (Å²) in [5, 5.41) is 2.11. The molecule has 2 aromatic carbocycles. The summed E-state index contributed by atoms with van der Waals surface area (Å²) in [6.07, 6.45) is 3.27. The molecule has 1 aromatic heterocycles. The molecule has 0 aliphatic carbocycles. The van der Waals surface area contributed by atoms with Crippen molar-refractivity contribution in [2.75, 3.05) is 28.4 Å². The van der Waals surface area contributed by atoms with Gasteiger partial charge in [-0.05, 0) is 72.0 Å². The van der Waals surface area contributed by atoms with Gasteiger partial charge in [0.25, 0.3) is 0 Å². The molecule has 0 spiro atoms. The fourth-order valence-corrected chi connectivity index (χ4v) is 3.98. The average molecular weight is 425 g/mol. The zero-order valence-corrected chi connectivity index (χ0v) is 18.5. The van der Waals surface area contributed by atoms with E-state index in [9.17, 15) is 4.79 Å². The Bertz CT molecular complexity index is 1060. The van der Waals surface area contributed by atoms with Crippen LogP contribution in [0.1, 0.15) is 21.5 Å². The SMILES string of the molecule is COc1ccc(-c2cc(C)cs2)cc1C=CC(=O)c1cc(OC)c(OC)c(OC)c1. The van der Waals surface area contributed by atoms with Gasteiger partial charge in [-0.15, -0.1) is 11.3 Å². The van der Waals surface area contributed by atoms with Crippen LogP contribution in [-0.2, 0) is 0 Å². The molecule has 3 rings (SSSR count). The highest BCUT2D eigenvalue weighted by atomic mass is 32.1. The second-order valence-electron chi connectivity index (χ2n) is 6.56. The molecular weight excluding hydrogens is 400 g/mol. The van der Waals surface area contributed by atoms with E-state index in [1.54, 1.807) is 36.7 Å². The summed E-state index contributed by atoms with van der Waals surface area (Å²) < 4.78 is 21.5. The molecular formula is C24H24O5S. The largest absolute Gasteiger partial charge is 0.496 e. The summed E-state index contributed by atoms with van der Waals surface area (Å²) in [6, 6.07) is 11.4. The Labute approximate surface area is 180 Å². The number of hydrogen-bond donors (Lipinski definition) is 0. The number of carbonyl (C=O) groups is 1. The Morgan fingerprint density at radius 1 is 0.867 bits per heavy atom. The first-order valence-corrected chi connectivity index (χ1v) is 10.1. The van der Waals surface area contributed by atoms with Gasteiger partial charge in [0.15, 0.2) is 17.3 Å². The normalized spacial score (nSPS) is 10.8. The summed E-state index contributed by atoms with van der Waals surface area (Å²) >= 11 is 1.69. The first kappa shape index (κ1) is 21.5. The molecule has 6 heteroatoms. The first-order valence-electron chi connectivity index (χ1n) is 9.26. The summed E-state index contributed by atoms with van der Waals surface area (Å²) in [7, 11) is 6.17. The number of ketones is 1. The third-order valence-electron chi connectivity index (χ3n) is 4.61. The second kappa shape index (κ2) is 9.50. The highest BCUT2D eigenvalue weighted by Gasteiger charge is 2.16. The van der Waals surface area contributed by atoms with Crippen molar-refractivity contribution in [1.29, 1.82) is 0 Å². The zero-order chi connectivity index (χ0) is 21.7. The van der Waals surface area contributed by atoms with Crippen LogP contribution in [0.15, 0.2) is 47.9 Å². The summed E-state index contributed by atoms with van der Waals surface area (Å²) in [5.74, 6) is 1.82. The molecule has 3 aromatic rings. The Kier molecular flexibility index (Phi) is 6.79. The van der Waals surface area contributed by atoms with E-state index in [0.29, 0.717) is 28.6 Å². The predicted octanol–water partition coefficient (Wildman–Crippen LogP) is 5.65. The van der Waals surface area contributed by atoms with Crippen LogP contribution in [0.3, 0.4) is 0 Å². The van der Waals surface area contributed by atoms with E-state index in [1.807, 2.05) is 18.2 Å². The Morgan fingerprint density at radius 2 is 1.53 bits per heavy atom. The van der Waals surface area contributed by atoms with Crippen LogP contribution in [0.4, 0.5) is 0 Å². The molecule has 0 aliphatic rings. The third-order valence-corrected chi connectivity index (χ3v) is 5.71. The van der Waals surface area contributed by atoms with E-state index >= 15 is 0 Å². The Hall–Kier alpha value is -3.25. The topological polar surface area (TPSA) is 54.0 Å². The molecule has 5 nitrogen and oxygen atoms in total. The van der Waals surface area contributed by atoms with Gasteiger partial charge < -0.3 is 18.9 Å². The molecule has 0 saturated carbocycles. The van der Waals surface area contributed by atoms with Crippen molar-refractivity contribution in [3.8, 4) is 33.4 Å². The van der Waals surface area contributed by atoms with Crippen molar-refractivity contribution in [3.05, 3.63) is 64.5 Å². The molecule has 1 heterocycles. The molecule has 0 amide bonds. The molecule has 0 aliphatic heterocycles. The van der Waals surface area contributed by atoms with Crippen LogP contribution in [0.2, 0.25) is 0 Å². The summed E-state index contributed by atoms with van der Waals surface area (Å²) in [6.45, 7) is 2.07. The van der Waals surface area contributed by atoms with E-state index in [-0.39, 0.29) is 5.78 Å². The van der Waals surface area contributed by atoms with Crippen molar-refractivity contribution >= 4 is 23.2 Å². The lowest BCUT2D eigenvalue weighted by molar-refractivity contribution is 0.104. The van der Waals surface area contributed by atoms with Gasteiger partial charge in [-0.3, -0.25) is 4.79 Å². The highest BCUT2D eigenvalue weighted by molar-refractivity contribution is 7.13. The lowest BCUT2D eigenvalue weighted by Gasteiger charge is -2.13. The van der Waals surface area contributed by atoms with Gasteiger partial charge in [0.1, 0.15) is 5.75 Å². The fraction of sp³-hybridized carbons (Fsp3) is 0.208. The fourth-order valence-electron chi connectivity index (χ4n) is 3.09. The van der Waals surface area contributed by atoms with Gasteiger partial charge in [0.05, 0.1) is 28.4 Å². The van der Waals surface area contributed by atoms with E-state index in [4.69, 9.17) is 18.9 Å². The minimum Gasteiger partial charge on any atom is -0.496 e. The van der Waals surface area contributed by atoms with Crippen molar-refractivity contribution in [2.24, 2.45) is 0 Å². The van der Waals surface area contributed by atoms with Crippen LogP contribution >= 0.6 is 11.3 Å². The molecule has 0 saturated heterocycles. The van der Waals surface area contributed by atoms with Crippen LogP contribution in [0.5, 0.6) is 23.0 Å². The lowest BCUT2D eigenvalue weighted by Crippen LogP contribution is -2.00. The highest BCUT2D eigenvalue weighted by Crippen LogP contribution is 2.38. The van der Waals surface area contributed by atoms with Gasteiger partial charge in [-0.25, -0.2) is 0 Å². The first-order chi connectivity index (χ1) is 14.5. The van der Waals surface area contributed by atoms with Crippen molar-refractivity contribution in [1.82, 2.24) is 0 Å². The summed E-state index contributed by atoms with van der Waals surface area (Å²) in [4.78, 5) is 14.0. The number of methoxy groups -OCH3 is 4. The minimum absolute atomic E-state index is 0.186. The number of hydrogen-bond acceptors (Lipinski definition) is 6. The number of thiophene rings is 1. The number of ether oxygens (including phenoxy) is 4. The number of aryl methyl sites for hydroxylation is 1. The standard InChI is InChI=1S/C24H24O5S/c1-15-10-23(30-14-15)17-7-9-20(26-2)16(11-17)6-8-19(25)18-12-21(27-3)24(29-5)22(13-18)28-4/h6-14H,1-5H3. The molecule has 156 valence electrons. The van der Waals surface area contributed by atoms with E-state index in [0.717, 1.165) is 11.1 Å². The molecule has 0 bridgehead atoms. The van der Waals surface area contributed by atoms with E-state index < -0.39 is 0 Å². The minimum atomic E-state index is -0.186. The van der Waals surface area contributed by atoms with Gasteiger partial charge >= 0.3 is 0 Å². The molecule has 0 atom stereocenters. The quantitative estimate of drug-likeness (QED) is 0.345. The Morgan fingerprint density at radius 3 is 2.07 bits per heavy atom. The van der Waals surface area contributed by atoms with Crippen molar-refractivity contribution in [2.45, 2.75) is 6.92 Å². The maximum absolute atomic E-state index is 12.8. The zero-order valence-electron chi connectivity index (χ0n) is 17.6. The summed E-state index contributed by atoms with van der Waals surface area (Å²) in [5.41, 5.74) is 3.56. The number of carbonyl (C=O) groups excluding carboxylic acids is 1. The van der Waals surface area contributed by atoms with Crippen LogP contribution < -0.4 is 18.9 Å². The molecule has 0 radical (unpaired) electrons. The second-order valence-corrected chi connectivity index (χ2v) is 7.47. The van der Waals surface area contributed by atoms with E-state index in [2.05, 4.69) is 18.4 Å². The van der Waals surface area contributed by atoms with Crippen molar-refractivity contribution < 1.29 is 23.7 Å². The number of allylic oxidation sites excluding steroid dienone is 1. The molecule has 0 N–H and O–H groups in total. The Balaban J connectivity index is 1.94. The van der Waals surface area contributed by atoms with Crippen LogP contribution in [0, 0.1) is 6.92 Å². The maximum atomic E-state index is 12.8. The lowest BCUT2D eigenvalue weighted by atomic mass is 10.0. The number of rotatable bonds is 8. The van der Waals surface area contributed by atoms with Gasteiger partial charge in [0.2, 0.25) is 5.75 Å². The van der Waals surface area contributed by atoms with Crippen LogP contribution in [-0.4, -0.2) is 34.2 Å². The van der Waals surface area contributed by atoms with Gasteiger partial charge in [-0.2, -0.15) is 0 Å². The average Bonchev–Trinajstić information content (AvgIpc) is 3.22. The molecule has 30 heavy (non-hydrogen) atoms. The third kappa shape index (κ3) is 4.49. The molecule has 0 fully saturated rings. The van der Waals surface area contributed by atoms with Gasteiger partial charge in [0, 0.05) is 16.0 Å². The monoisotopic (exact) mass is 424 g/mol. The van der Waals surface area contributed by atoms with Crippen LogP contribution in [0.25, 0.3) is 16.5 Å².